The Bertz CT molecular complexity index is 766. The molecule has 0 radical (unpaired) electrons. The highest BCUT2D eigenvalue weighted by Gasteiger charge is 2.13. The number of benzene rings is 3. The molecule has 0 aliphatic rings. The maximum Gasteiger partial charge on any atom is 0.131 e. The van der Waals surface area contributed by atoms with Gasteiger partial charge in [-0.2, -0.15) is 0 Å². The summed E-state index contributed by atoms with van der Waals surface area (Å²) >= 11 is 3.67. The molecule has 0 bridgehead atoms. The van der Waals surface area contributed by atoms with Crippen LogP contribution in [0.3, 0.4) is 0 Å². The second-order valence-electron chi connectivity index (χ2n) is 4.98. The largest absolute Gasteiger partial charge is 0.207 e. The summed E-state index contributed by atoms with van der Waals surface area (Å²) in [6.07, 6.45) is 0.718. The number of alkyl halides is 1. The first-order chi connectivity index (χ1) is 10.1. The van der Waals surface area contributed by atoms with Gasteiger partial charge >= 0.3 is 0 Å². The first-order valence-corrected chi connectivity index (χ1v) is 7.62. The van der Waals surface area contributed by atoms with Gasteiger partial charge in [-0.3, -0.25) is 0 Å². The molecule has 3 heteroatoms. The average molecular weight is 347 g/mol. The lowest BCUT2D eigenvalue weighted by atomic mass is 9.98. The Morgan fingerprint density at radius 1 is 0.810 bits per heavy atom. The third kappa shape index (κ3) is 2.98. The summed E-state index contributed by atoms with van der Waals surface area (Å²) in [5, 5.41) is 1.53. The Morgan fingerprint density at radius 2 is 1.48 bits per heavy atom. The maximum absolute atomic E-state index is 13.8. The van der Waals surface area contributed by atoms with E-state index in [0.717, 1.165) is 22.9 Å². The van der Waals surface area contributed by atoms with Gasteiger partial charge in [-0.1, -0.05) is 58.4 Å². The normalized spacial score (nSPS) is 12.5. The van der Waals surface area contributed by atoms with Crippen LogP contribution in [0.2, 0.25) is 0 Å². The minimum atomic E-state index is -0.239. The molecule has 1 unspecified atom stereocenters. The fourth-order valence-corrected chi connectivity index (χ4v) is 3.27. The van der Waals surface area contributed by atoms with E-state index in [1.54, 1.807) is 24.3 Å². The zero-order valence-corrected chi connectivity index (χ0v) is 12.8. The van der Waals surface area contributed by atoms with Crippen LogP contribution in [0.25, 0.3) is 10.8 Å². The lowest BCUT2D eigenvalue weighted by Crippen LogP contribution is -1.97. The number of fused-ring (bicyclic) bond motifs is 1. The molecule has 3 aromatic carbocycles. The zero-order valence-electron chi connectivity index (χ0n) is 11.2. The molecule has 3 aromatic rings. The molecule has 1 atom stereocenters. The van der Waals surface area contributed by atoms with Gasteiger partial charge in [0.2, 0.25) is 0 Å². The molecule has 0 saturated heterocycles. The molecule has 21 heavy (non-hydrogen) atoms. The third-order valence-corrected chi connectivity index (χ3v) is 4.39. The van der Waals surface area contributed by atoms with Gasteiger partial charge in [0.25, 0.3) is 0 Å². The summed E-state index contributed by atoms with van der Waals surface area (Å²) in [6, 6.07) is 17.2. The van der Waals surface area contributed by atoms with Crippen molar-refractivity contribution in [2.24, 2.45) is 0 Å². The van der Waals surface area contributed by atoms with E-state index in [2.05, 4.69) is 15.9 Å². The third-order valence-electron chi connectivity index (χ3n) is 3.57. The van der Waals surface area contributed by atoms with Crippen LogP contribution in [0, 0.1) is 11.6 Å². The van der Waals surface area contributed by atoms with Crippen molar-refractivity contribution in [3.63, 3.8) is 0 Å². The van der Waals surface area contributed by atoms with E-state index in [4.69, 9.17) is 0 Å². The van der Waals surface area contributed by atoms with E-state index in [1.807, 2.05) is 18.2 Å². The van der Waals surface area contributed by atoms with E-state index in [1.165, 1.54) is 18.2 Å². The van der Waals surface area contributed by atoms with Crippen LogP contribution in [0.1, 0.15) is 16.0 Å². The van der Waals surface area contributed by atoms with Crippen LogP contribution >= 0.6 is 15.9 Å². The zero-order chi connectivity index (χ0) is 14.8. The van der Waals surface area contributed by atoms with Crippen LogP contribution < -0.4 is 0 Å². The van der Waals surface area contributed by atoms with Crippen molar-refractivity contribution in [2.45, 2.75) is 11.2 Å². The van der Waals surface area contributed by atoms with Gasteiger partial charge in [0.1, 0.15) is 11.6 Å². The van der Waals surface area contributed by atoms with Crippen LogP contribution in [0.4, 0.5) is 8.78 Å². The van der Waals surface area contributed by atoms with Gasteiger partial charge < -0.3 is 0 Å². The van der Waals surface area contributed by atoms with Crippen molar-refractivity contribution in [2.75, 3.05) is 0 Å². The Balaban J connectivity index is 1.96. The monoisotopic (exact) mass is 346 g/mol. The standard InChI is InChI=1S/C18H13BrF2/c19-17(11-12-5-7-13(20)8-6-12)15-9-10-18(21)16-4-2-1-3-14(15)16/h1-10,17H,11H2. The number of halogens is 3. The topological polar surface area (TPSA) is 0 Å². The molecule has 0 fully saturated rings. The highest BCUT2D eigenvalue weighted by atomic mass is 79.9. The minimum absolute atomic E-state index is 0.0495. The summed E-state index contributed by atoms with van der Waals surface area (Å²) in [7, 11) is 0. The fourth-order valence-electron chi connectivity index (χ4n) is 2.50. The minimum Gasteiger partial charge on any atom is -0.207 e. The molecule has 0 saturated carbocycles. The van der Waals surface area contributed by atoms with Gasteiger partial charge in [0, 0.05) is 10.2 Å². The SMILES string of the molecule is Fc1ccc(CC(Br)c2ccc(F)c3ccccc23)cc1. The molecule has 106 valence electrons. The molecule has 0 aliphatic carbocycles. The number of rotatable bonds is 3. The van der Waals surface area contributed by atoms with Crippen LogP contribution in [0.5, 0.6) is 0 Å². The first kappa shape index (κ1) is 14.2. The molecule has 0 spiro atoms. The molecule has 3 rings (SSSR count). The van der Waals surface area contributed by atoms with Crippen LogP contribution in [-0.2, 0) is 6.42 Å². The predicted octanol–water partition coefficient (Wildman–Crippen LogP) is 5.80. The predicted molar refractivity (Wildman–Crippen MR) is 85.7 cm³/mol. The van der Waals surface area contributed by atoms with Crippen molar-refractivity contribution in [1.29, 1.82) is 0 Å². The van der Waals surface area contributed by atoms with E-state index < -0.39 is 0 Å². The van der Waals surface area contributed by atoms with Crippen molar-refractivity contribution < 1.29 is 8.78 Å². The lowest BCUT2D eigenvalue weighted by Gasteiger charge is -2.14. The van der Waals surface area contributed by atoms with Gasteiger partial charge in [-0.05, 0) is 41.1 Å². The van der Waals surface area contributed by atoms with Gasteiger partial charge in [-0.15, -0.1) is 0 Å². The average Bonchev–Trinajstić information content (AvgIpc) is 2.50. The lowest BCUT2D eigenvalue weighted by molar-refractivity contribution is 0.627. The van der Waals surface area contributed by atoms with Crippen LogP contribution in [0.15, 0.2) is 60.7 Å². The highest BCUT2D eigenvalue weighted by Crippen LogP contribution is 2.33. The molecule has 0 N–H and O–H groups in total. The van der Waals surface area contributed by atoms with E-state index >= 15 is 0 Å². The van der Waals surface area contributed by atoms with Crippen molar-refractivity contribution in [1.82, 2.24) is 0 Å². The van der Waals surface area contributed by atoms with E-state index in [0.29, 0.717) is 5.39 Å². The van der Waals surface area contributed by atoms with E-state index in [-0.39, 0.29) is 16.5 Å². The van der Waals surface area contributed by atoms with Gasteiger partial charge in [-0.25, -0.2) is 8.78 Å². The van der Waals surface area contributed by atoms with Crippen LogP contribution in [-0.4, -0.2) is 0 Å². The molecular weight excluding hydrogens is 334 g/mol. The molecule has 0 nitrogen and oxygen atoms in total. The summed E-state index contributed by atoms with van der Waals surface area (Å²) in [6.45, 7) is 0. The molecule has 0 heterocycles. The van der Waals surface area contributed by atoms with Crippen molar-refractivity contribution in [3.05, 3.63) is 83.4 Å². The molecular formula is C18H13BrF2. The smallest absolute Gasteiger partial charge is 0.131 e. The second kappa shape index (κ2) is 5.94. The van der Waals surface area contributed by atoms with Crippen molar-refractivity contribution in [3.8, 4) is 0 Å². The number of hydrogen-bond donors (Lipinski definition) is 0. The summed E-state index contributed by atoms with van der Waals surface area (Å²) < 4.78 is 26.8. The Morgan fingerprint density at radius 3 is 2.19 bits per heavy atom. The quantitative estimate of drug-likeness (QED) is 0.526. The number of hydrogen-bond acceptors (Lipinski definition) is 0. The molecule has 0 aliphatic heterocycles. The van der Waals surface area contributed by atoms with Gasteiger partial charge in [0.05, 0.1) is 0 Å². The highest BCUT2D eigenvalue weighted by molar-refractivity contribution is 9.09. The fraction of sp³-hybridized carbons (Fsp3) is 0.111. The molecule has 0 aromatic heterocycles. The Kier molecular flexibility index (Phi) is 4.02. The molecule has 0 amide bonds. The summed E-state index contributed by atoms with van der Waals surface area (Å²) in [5.41, 5.74) is 2.07. The Labute approximate surface area is 130 Å². The van der Waals surface area contributed by atoms with Crippen molar-refractivity contribution >= 4 is 26.7 Å². The second-order valence-corrected chi connectivity index (χ2v) is 6.09. The first-order valence-electron chi connectivity index (χ1n) is 6.71. The summed E-state index contributed by atoms with van der Waals surface area (Å²) in [5.74, 6) is -0.451. The van der Waals surface area contributed by atoms with Gasteiger partial charge in [0.15, 0.2) is 0 Å². The van der Waals surface area contributed by atoms with E-state index in [9.17, 15) is 8.78 Å². The maximum atomic E-state index is 13.8. The summed E-state index contributed by atoms with van der Waals surface area (Å²) in [4.78, 5) is 0.0495. The Hall–Kier alpha value is -1.74.